The topological polar surface area (TPSA) is 16.4 Å². The van der Waals surface area contributed by atoms with E-state index in [4.69, 9.17) is 4.42 Å². The third kappa shape index (κ3) is 6.00. The van der Waals surface area contributed by atoms with E-state index in [9.17, 15) is 0 Å². The quantitative estimate of drug-likeness (QED) is 0.159. The number of nitrogens with zero attached hydrogens (tertiary/aromatic N) is 1. The molecule has 0 spiro atoms. The van der Waals surface area contributed by atoms with Crippen molar-refractivity contribution in [3.63, 3.8) is 0 Å². The van der Waals surface area contributed by atoms with Crippen molar-refractivity contribution in [2.75, 3.05) is 4.90 Å². The summed E-state index contributed by atoms with van der Waals surface area (Å²) in [7, 11) is 0. The van der Waals surface area contributed by atoms with Crippen molar-refractivity contribution in [2.45, 2.75) is 56.8 Å². The number of fused-ring (bicyclic) bond motifs is 7. The molecule has 1 aromatic heterocycles. The predicted molar refractivity (Wildman–Crippen MR) is 272 cm³/mol. The maximum atomic E-state index is 6.67. The third-order valence-electron chi connectivity index (χ3n) is 14.8. The van der Waals surface area contributed by atoms with Crippen LogP contribution in [0.4, 0.5) is 17.1 Å². The Morgan fingerprint density at radius 2 is 0.969 bits per heavy atom. The minimum absolute atomic E-state index is 0.0361. The second kappa shape index (κ2) is 14.8. The summed E-state index contributed by atoms with van der Waals surface area (Å²) in [5.74, 6) is 0. The number of furan rings is 1. The van der Waals surface area contributed by atoms with Crippen LogP contribution in [0.3, 0.4) is 0 Å². The monoisotopic (exact) mass is 837 g/mol. The van der Waals surface area contributed by atoms with E-state index in [1.807, 2.05) is 0 Å². The van der Waals surface area contributed by atoms with Gasteiger partial charge in [0.2, 0.25) is 0 Å². The second-order valence-electron chi connectivity index (χ2n) is 19.4. The van der Waals surface area contributed by atoms with Crippen molar-refractivity contribution < 1.29 is 4.42 Å². The molecule has 0 fully saturated rings. The Bertz CT molecular complexity index is 3370. The molecular weight excluding hydrogens is 787 g/mol. The van der Waals surface area contributed by atoms with Gasteiger partial charge in [-0.1, -0.05) is 198 Å². The molecule has 2 nitrogen and oxygen atoms in total. The highest BCUT2D eigenvalue weighted by molar-refractivity contribution is 6.14. The van der Waals surface area contributed by atoms with Crippen molar-refractivity contribution in [2.24, 2.45) is 0 Å². The van der Waals surface area contributed by atoms with Crippen LogP contribution in [0, 0.1) is 0 Å². The highest BCUT2D eigenvalue weighted by atomic mass is 16.3. The summed E-state index contributed by atoms with van der Waals surface area (Å²) in [5, 5.41) is 2.20. The first-order valence-electron chi connectivity index (χ1n) is 23.1. The summed E-state index contributed by atoms with van der Waals surface area (Å²) in [6.45, 7) is 9.79. The molecule has 2 aliphatic carbocycles. The number of para-hydroxylation sites is 1. The molecule has 65 heavy (non-hydrogen) atoms. The van der Waals surface area contributed by atoms with Gasteiger partial charge in [0.25, 0.3) is 0 Å². The molecule has 314 valence electrons. The Morgan fingerprint density at radius 1 is 0.400 bits per heavy atom. The molecule has 1 heterocycles. The minimum atomic E-state index is -0.587. The van der Waals surface area contributed by atoms with Crippen LogP contribution < -0.4 is 4.90 Å². The van der Waals surface area contributed by atoms with Crippen LogP contribution in [-0.4, -0.2) is 0 Å². The fourth-order valence-corrected chi connectivity index (χ4v) is 11.6. The fraction of sp³-hybridized carbons (Fsp3) is 0.143. The number of benzene rings is 9. The summed E-state index contributed by atoms with van der Waals surface area (Å²) in [4.78, 5) is 2.54. The van der Waals surface area contributed by atoms with Crippen LogP contribution in [0.25, 0.3) is 55.3 Å². The molecule has 0 amide bonds. The number of rotatable bonds is 7. The van der Waals surface area contributed by atoms with E-state index in [0.717, 1.165) is 51.8 Å². The Morgan fingerprint density at radius 3 is 1.71 bits per heavy atom. The van der Waals surface area contributed by atoms with Gasteiger partial charge in [0.1, 0.15) is 11.2 Å². The molecule has 2 heteroatoms. The average Bonchev–Trinajstić information content (AvgIpc) is 3.88. The third-order valence-corrected chi connectivity index (χ3v) is 14.8. The highest BCUT2D eigenvalue weighted by Crippen LogP contribution is 2.60. The maximum absolute atomic E-state index is 6.67. The second-order valence-corrected chi connectivity index (χ2v) is 19.4. The average molecular weight is 838 g/mol. The van der Waals surface area contributed by atoms with E-state index < -0.39 is 5.41 Å². The normalized spacial score (nSPS) is 15.3. The Kier molecular flexibility index (Phi) is 8.94. The lowest BCUT2D eigenvalue weighted by Crippen LogP contribution is -2.34. The van der Waals surface area contributed by atoms with Crippen molar-refractivity contribution in [3.8, 4) is 33.4 Å². The van der Waals surface area contributed by atoms with Gasteiger partial charge in [0, 0.05) is 16.6 Å². The first-order chi connectivity index (χ1) is 31.7. The van der Waals surface area contributed by atoms with Crippen molar-refractivity contribution in [1.29, 1.82) is 0 Å². The van der Waals surface area contributed by atoms with Gasteiger partial charge in [-0.15, -0.1) is 0 Å². The molecule has 9 aromatic carbocycles. The van der Waals surface area contributed by atoms with Crippen LogP contribution in [0.2, 0.25) is 0 Å². The van der Waals surface area contributed by atoms with E-state index in [1.165, 1.54) is 66.8 Å². The van der Waals surface area contributed by atoms with E-state index in [0.29, 0.717) is 0 Å². The number of hydrogen-bond donors (Lipinski definition) is 0. The van der Waals surface area contributed by atoms with Gasteiger partial charge in [-0.3, -0.25) is 0 Å². The van der Waals surface area contributed by atoms with Crippen molar-refractivity contribution >= 4 is 39.0 Å². The maximum Gasteiger partial charge on any atom is 0.137 e. The molecule has 2 aliphatic rings. The molecule has 12 rings (SSSR count). The van der Waals surface area contributed by atoms with Crippen LogP contribution in [0.1, 0.15) is 73.9 Å². The molecule has 0 atom stereocenters. The zero-order valence-electron chi connectivity index (χ0n) is 37.5. The van der Waals surface area contributed by atoms with Gasteiger partial charge in [-0.2, -0.15) is 0 Å². The Labute approximate surface area is 382 Å². The van der Waals surface area contributed by atoms with E-state index in [2.05, 4.69) is 245 Å². The van der Waals surface area contributed by atoms with Crippen LogP contribution in [0.15, 0.2) is 217 Å². The molecule has 0 radical (unpaired) electrons. The van der Waals surface area contributed by atoms with Gasteiger partial charge in [-0.25, -0.2) is 0 Å². The zero-order chi connectivity index (χ0) is 43.9. The highest BCUT2D eigenvalue weighted by Gasteiger charge is 2.47. The number of anilines is 3. The van der Waals surface area contributed by atoms with Crippen LogP contribution in [0.5, 0.6) is 0 Å². The summed E-state index contributed by atoms with van der Waals surface area (Å²) < 4.78 is 6.67. The first kappa shape index (κ1) is 39.2. The lowest BCUT2D eigenvalue weighted by atomic mass is 9.61. The summed E-state index contributed by atoms with van der Waals surface area (Å²) in [6.07, 6.45) is 2.26. The predicted octanol–water partition coefficient (Wildman–Crippen LogP) is 17.1. The first-order valence-corrected chi connectivity index (χ1v) is 23.1. The summed E-state index contributed by atoms with van der Waals surface area (Å²) in [6, 6.07) is 78.6. The molecule has 10 aromatic rings. The van der Waals surface area contributed by atoms with Gasteiger partial charge in [-0.05, 0) is 127 Å². The number of hydrogen-bond acceptors (Lipinski definition) is 2. The summed E-state index contributed by atoms with van der Waals surface area (Å²) >= 11 is 0. The van der Waals surface area contributed by atoms with Gasteiger partial charge in [0.15, 0.2) is 0 Å². The zero-order valence-corrected chi connectivity index (χ0v) is 37.5. The van der Waals surface area contributed by atoms with Crippen LogP contribution >= 0.6 is 0 Å². The molecule has 0 unspecified atom stereocenters. The lowest BCUT2D eigenvalue weighted by Gasteiger charge is -2.43. The van der Waals surface area contributed by atoms with Gasteiger partial charge in [0.05, 0.1) is 22.2 Å². The van der Waals surface area contributed by atoms with E-state index in [-0.39, 0.29) is 10.8 Å². The summed E-state index contributed by atoms with van der Waals surface area (Å²) in [5.41, 5.74) is 19.8. The molecule has 0 saturated heterocycles. The molecule has 0 bridgehead atoms. The molecule has 0 aliphatic heterocycles. The Hall–Kier alpha value is -7.42. The fourth-order valence-electron chi connectivity index (χ4n) is 11.6. The standard InChI is InChI=1S/C63H51NO/c1-61(2)38-39-62(3,4)60-48(28-18-30-53(60)61)51-40-50-47-26-14-16-29-52(47)63(44-22-10-6-11-23-44,45-24-12-7-13-25-45)54(50)41-56(51)64(46-36-34-43(35-37-46)42-20-8-5-9-21-42)55-31-19-33-58-59(55)49-27-15-17-32-57(49)65-58/h5-37,40-41H,38-39H2,1-4H3. The Balaban J connectivity index is 1.25. The van der Waals surface area contributed by atoms with Crippen molar-refractivity contribution in [3.05, 3.63) is 246 Å². The molecule has 0 N–H and O–H groups in total. The van der Waals surface area contributed by atoms with Crippen LogP contribution in [-0.2, 0) is 16.2 Å². The molecule has 0 saturated carbocycles. The van der Waals surface area contributed by atoms with Crippen molar-refractivity contribution in [1.82, 2.24) is 0 Å². The smallest absolute Gasteiger partial charge is 0.137 e. The SMILES string of the molecule is CC1(C)CCC(C)(C)c2c(-c3cc4c(cc3N(c3ccc(-c5ccccc5)cc3)c3cccc5oc6ccccc6c35)C(c3ccccc3)(c3ccccc3)c3ccccc3-4)cccc21. The van der Waals surface area contributed by atoms with E-state index >= 15 is 0 Å². The lowest BCUT2D eigenvalue weighted by molar-refractivity contribution is 0.333. The van der Waals surface area contributed by atoms with Gasteiger partial charge < -0.3 is 9.32 Å². The van der Waals surface area contributed by atoms with Gasteiger partial charge >= 0.3 is 0 Å². The minimum Gasteiger partial charge on any atom is -0.456 e. The molecular formula is C63H51NO. The van der Waals surface area contributed by atoms with E-state index in [1.54, 1.807) is 0 Å². The largest absolute Gasteiger partial charge is 0.456 e.